The Labute approximate surface area is 864 Å². The van der Waals surface area contributed by atoms with Crippen LogP contribution in [0.25, 0.3) is 184 Å². The van der Waals surface area contributed by atoms with E-state index in [-0.39, 0.29) is 16.2 Å². The summed E-state index contributed by atoms with van der Waals surface area (Å²) < 4.78 is 11.8. The Morgan fingerprint density at radius 3 is 1.07 bits per heavy atom. The van der Waals surface area contributed by atoms with E-state index in [1.165, 1.54) is 190 Å². The van der Waals surface area contributed by atoms with Crippen molar-refractivity contribution in [3.05, 3.63) is 537 Å². The van der Waals surface area contributed by atoms with Gasteiger partial charge in [-0.1, -0.05) is 424 Å². The fraction of sp³-hybridized carbons (Fsp3) is 0.0638. The van der Waals surface area contributed by atoms with Crippen molar-refractivity contribution in [3.8, 4) is 89.0 Å². The summed E-state index contributed by atoms with van der Waals surface area (Å²) in [6.45, 7) is 14.1. The SMILES string of the molecule is CC1(C)c2ccccc2-c2ccc(N(c3ccc(-c4cccc5ccccc45)cc3)c3cccc(-c4cccc5c4sc4ccccc45)c3)cc21.CC1(C)c2ccccc2-c2ccc(N(c3cccc(-c4cccc5c4oc4ccccc45)c3)c3ccc(-c4ccccc4)c4ccccc34)cc21.CC1(C)c2ccccc2-c2ccc(N(c3cccc(-c4cccc5c4sc4ccccc45)c3)c3ccc4ccccc4c3)cc21. The third-order valence-electron chi connectivity index (χ3n) is 31.4. The number of hydrogen-bond donors (Lipinski definition) is 0. The fourth-order valence-corrected chi connectivity index (χ4v) is 26.6. The van der Waals surface area contributed by atoms with Crippen molar-refractivity contribution in [3.63, 3.8) is 0 Å². The van der Waals surface area contributed by atoms with Gasteiger partial charge in [0.25, 0.3) is 0 Å². The van der Waals surface area contributed by atoms with Gasteiger partial charge in [-0.25, -0.2) is 0 Å². The van der Waals surface area contributed by atoms with E-state index in [0.29, 0.717) is 0 Å². The van der Waals surface area contributed by atoms with E-state index in [0.717, 1.165) is 78.6 Å². The first-order valence-electron chi connectivity index (χ1n) is 51.0. The molecular weight excluding hydrogens is 1820 g/mol. The molecule has 698 valence electrons. The predicted molar refractivity (Wildman–Crippen MR) is 629 cm³/mol. The number of thiophene rings is 2. The number of hydrogen-bond acceptors (Lipinski definition) is 6. The zero-order valence-electron chi connectivity index (χ0n) is 82.5. The van der Waals surface area contributed by atoms with Gasteiger partial charge in [-0.3, -0.25) is 0 Å². The summed E-state index contributed by atoms with van der Waals surface area (Å²) in [5.41, 5.74) is 40.1. The van der Waals surface area contributed by atoms with Crippen LogP contribution in [0.2, 0.25) is 0 Å². The second kappa shape index (κ2) is 35.5. The van der Waals surface area contributed by atoms with Crippen LogP contribution >= 0.6 is 22.7 Å². The number of furan rings is 1. The summed E-state index contributed by atoms with van der Waals surface area (Å²) in [5.74, 6) is 0. The van der Waals surface area contributed by atoms with Gasteiger partial charge in [-0.2, -0.15) is 0 Å². The molecule has 26 aromatic rings. The van der Waals surface area contributed by atoms with Crippen molar-refractivity contribution in [1.29, 1.82) is 0 Å². The lowest BCUT2D eigenvalue weighted by molar-refractivity contribution is 0.660. The second-order valence-corrected chi connectivity index (χ2v) is 43.0. The van der Waals surface area contributed by atoms with E-state index in [4.69, 9.17) is 4.42 Å². The molecule has 0 amide bonds. The first-order valence-corrected chi connectivity index (χ1v) is 52.6. The molecule has 6 heteroatoms. The van der Waals surface area contributed by atoms with Crippen molar-refractivity contribution in [2.45, 2.75) is 57.8 Å². The predicted octanol–water partition coefficient (Wildman–Crippen LogP) is 40.8. The molecule has 3 aliphatic carbocycles. The first-order chi connectivity index (χ1) is 72.2. The minimum absolute atomic E-state index is 0.0737. The number of fused-ring (bicyclic) bond motifs is 21. The van der Waals surface area contributed by atoms with Crippen LogP contribution in [0.4, 0.5) is 51.2 Å². The van der Waals surface area contributed by atoms with Crippen LogP contribution in [-0.4, -0.2) is 0 Å². The van der Waals surface area contributed by atoms with Crippen LogP contribution in [-0.2, 0) is 16.2 Å². The second-order valence-electron chi connectivity index (χ2n) is 40.8. The Morgan fingerprint density at radius 1 is 0.177 bits per heavy atom. The molecule has 0 saturated carbocycles. The molecule has 0 atom stereocenters. The third kappa shape index (κ3) is 15.0. The Hall–Kier alpha value is -17.5. The highest BCUT2D eigenvalue weighted by molar-refractivity contribution is 7.26. The molecule has 0 saturated heterocycles. The number of para-hydroxylation sites is 2. The van der Waals surface area contributed by atoms with Gasteiger partial charge in [-0.05, 0) is 265 Å². The van der Waals surface area contributed by atoms with Gasteiger partial charge in [-0.15, -0.1) is 22.7 Å². The summed E-state index contributed by atoms with van der Waals surface area (Å²) in [6.07, 6.45) is 0. The lowest BCUT2D eigenvalue weighted by Gasteiger charge is -2.30. The molecular formula is C141H101N3OS2. The normalized spacial score (nSPS) is 13.1. The Morgan fingerprint density at radius 2 is 0.510 bits per heavy atom. The minimum Gasteiger partial charge on any atom is -0.455 e. The monoisotopic (exact) mass is 1920 g/mol. The lowest BCUT2D eigenvalue weighted by Crippen LogP contribution is -2.16. The summed E-state index contributed by atoms with van der Waals surface area (Å²) >= 11 is 3.77. The topological polar surface area (TPSA) is 22.9 Å². The van der Waals surface area contributed by atoms with Crippen molar-refractivity contribution in [2.75, 3.05) is 14.7 Å². The maximum Gasteiger partial charge on any atom is 0.143 e. The summed E-state index contributed by atoms with van der Waals surface area (Å²) in [5, 5.41) is 15.0. The van der Waals surface area contributed by atoms with E-state index in [2.05, 4.69) is 554 Å². The maximum absolute atomic E-state index is 6.51. The van der Waals surface area contributed by atoms with Crippen LogP contribution < -0.4 is 14.7 Å². The van der Waals surface area contributed by atoms with Gasteiger partial charge in [0.15, 0.2) is 0 Å². The van der Waals surface area contributed by atoms with Crippen molar-refractivity contribution in [1.82, 2.24) is 0 Å². The average molecular weight is 1920 g/mol. The number of nitrogens with zero attached hydrogens (tertiary/aromatic N) is 3. The zero-order chi connectivity index (χ0) is 98.3. The van der Waals surface area contributed by atoms with Gasteiger partial charge in [0.05, 0.1) is 5.69 Å². The Balaban J connectivity index is 0.000000109. The molecule has 23 aromatic carbocycles. The summed E-state index contributed by atoms with van der Waals surface area (Å²) in [4.78, 5) is 7.31. The fourth-order valence-electron chi connectivity index (χ4n) is 24.1. The van der Waals surface area contributed by atoms with Crippen LogP contribution in [0.5, 0.6) is 0 Å². The van der Waals surface area contributed by atoms with Gasteiger partial charge in [0, 0.05) is 124 Å². The molecule has 3 heterocycles. The molecule has 0 fully saturated rings. The smallest absolute Gasteiger partial charge is 0.143 e. The van der Waals surface area contributed by atoms with Crippen LogP contribution in [0, 0.1) is 0 Å². The molecule has 4 nitrogen and oxygen atoms in total. The van der Waals surface area contributed by atoms with Gasteiger partial charge in [0.2, 0.25) is 0 Å². The quantitative estimate of drug-likeness (QED) is 0.108. The average Bonchev–Trinajstić information content (AvgIpc) is 1.58. The van der Waals surface area contributed by atoms with Crippen LogP contribution in [0.1, 0.15) is 74.9 Å². The van der Waals surface area contributed by atoms with E-state index in [1.54, 1.807) is 0 Å². The Kier molecular flexibility index (Phi) is 21.4. The summed E-state index contributed by atoms with van der Waals surface area (Å²) in [7, 11) is 0. The molecule has 0 radical (unpaired) electrons. The van der Waals surface area contributed by atoms with Crippen LogP contribution in [0.3, 0.4) is 0 Å². The number of anilines is 9. The van der Waals surface area contributed by atoms with Gasteiger partial charge in [0.1, 0.15) is 11.2 Å². The van der Waals surface area contributed by atoms with Gasteiger partial charge >= 0.3 is 0 Å². The lowest BCUT2D eigenvalue weighted by atomic mass is 9.82. The number of rotatable bonds is 14. The van der Waals surface area contributed by atoms with Crippen molar-refractivity contribution < 1.29 is 4.42 Å². The van der Waals surface area contributed by atoms with E-state index in [1.807, 2.05) is 28.7 Å². The number of benzene rings is 23. The van der Waals surface area contributed by atoms with Crippen molar-refractivity contribution >= 4 is 168 Å². The molecule has 0 aliphatic heterocycles. The van der Waals surface area contributed by atoms with E-state index in [9.17, 15) is 0 Å². The molecule has 147 heavy (non-hydrogen) atoms. The molecule has 0 bridgehead atoms. The maximum atomic E-state index is 6.51. The third-order valence-corrected chi connectivity index (χ3v) is 33.8. The highest BCUT2D eigenvalue weighted by Crippen LogP contribution is 2.57. The molecule has 0 unspecified atom stereocenters. The Bertz CT molecular complexity index is 9770. The summed E-state index contributed by atoms with van der Waals surface area (Å²) in [6, 6.07) is 184. The minimum atomic E-state index is -0.119. The molecule has 0 N–H and O–H groups in total. The highest BCUT2D eigenvalue weighted by atomic mass is 32.1. The zero-order valence-corrected chi connectivity index (χ0v) is 84.1. The first kappa shape index (κ1) is 88.4. The highest BCUT2D eigenvalue weighted by Gasteiger charge is 2.40. The van der Waals surface area contributed by atoms with Gasteiger partial charge < -0.3 is 19.1 Å². The standard InChI is InChI=1S/C49H35NO.C49H35NS.C43H31NS/c1-49(2)44-24-10-8-19-39(44)40-27-26-35(31-45(40)49)50(46-29-28-36(32-14-4-3-5-15-32)38-18-6-7-20-41(38)46)34-17-12-16-33(30-34)37-22-13-23-43-42-21-9-11-25-47(42)51-48(37)43;1-49(2)45-22-7-5-17-41(45)42-29-28-37(31-46(42)49)50(35-26-24-33(25-27-35)39-19-10-13-32-12-3-4-16-38(32)39)36-15-9-14-34(30-36)40-20-11-21-44-43-18-6-8-23-47(43)51-48(40)44;1-43(2)39-19-7-5-15-35(39)36-24-23-33(27-40(36)43)44(32-22-21-28-11-3-4-12-29(28)25-32)31-14-9-13-30(26-31)34-17-10-18-38-37-16-6-8-20-41(37)45-42(34)38/h2*3-31H,1-2H3;3-27H,1-2H3. The van der Waals surface area contributed by atoms with E-state index < -0.39 is 0 Å². The molecule has 0 spiro atoms. The molecule has 3 aliphatic rings. The molecule has 3 aromatic heterocycles. The van der Waals surface area contributed by atoms with Crippen LogP contribution in [0.15, 0.2) is 508 Å². The van der Waals surface area contributed by atoms with E-state index >= 15 is 0 Å². The largest absolute Gasteiger partial charge is 0.455 e. The molecule has 29 rings (SSSR count). The van der Waals surface area contributed by atoms with Crippen molar-refractivity contribution in [2.24, 2.45) is 0 Å².